The molecule has 0 bridgehead atoms. The van der Waals surface area contributed by atoms with Crippen LogP contribution in [0.25, 0.3) is 0 Å². The van der Waals surface area contributed by atoms with Gasteiger partial charge in [-0.3, -0.25) is 24.3 Å². The molecule has 170 valence electrons. The SMILES string of the molecule is Cc1ccccc1C1(CC(=O)N(C)C(C)c2ccon2)CC(=O)N(Cc2cccnc2)C1=O. The third kappa shape index (κ3) is 4.16. The third-order valence-electron chi connectivity index (χ3n) is 6.45. The Morgan fingerprint density at radius 1 is 1.21 bits per heavy atom. The normalized spacial score (nSPS) is 19.1. The number of nitrogens with zero attached hydrogens (tertiary/aromatic N) is 4. The molecule has 1 fully saturated rings. The summed E-state index contributed by atoms with van der Waals surface area (Å²) < 4.78 is 4.91. The van der Waals surface area contributed by atoms with Crippen molar-refractivity contribution < 1.29 is 18.9 Å². The minimum atomic E-state index is -1.26. The van der Waals surface area contributed by atoms with Crippen LogP contribution in [0.3, 0.4) is 0 Å². The molecule has 3 aromatic rings. The zero-order valence-electron chi connectivity index (χ0n) is 18.9. The van der Waals surface area contributed by atoms with Crippen LogP contribution in [0.15, 0.2) is 65.6 Å². The van der Waals surface area contributed by atoms with Crippen LogP contribution in [0.2, 0.25) is 0 Å². The van der Waals surface area contributed by atoms with E-state index < -0.39 is 5.41 Å². The van der Waals surface area contributed by atoms with Gasteiger partial charge in [0.15, 0.2) is 0 Å². The van der Waals surface area contributed by atoms with Crippen LogP contribution in [0.5, 0.6) is 0 Å². The minimum Gasteiger partial charge on any atom is -0.364 e. The number of benzene rings is 1. The lowest BCUT2D eigenvalue weighted by molar-refractivity contribution is -0.143. The van der Waals surface area contributed by atoms with E-state index in [-0.39, 0.29) is 43.1 Å². The van der Waals surface area contributed by atoms with Crippen LogP contribution in [0.4, 0.5) is 0 Å². The molecular weight excluding hydrogens is 420 g/mol. The first-order valence-electron chi connectivity index (χ1n) is 10.8. The van der Waals surface area contributed by atoms with E-state index in [2.05, 4.69) is 10.1 Å². The second kappa shape index (κ2) is 8.97. The fourth-order valence-electron chi connectivity index (χ4n) is 4.42. The van der Waals surface area contributed by atoms with Gasteiger partial charge in [-0.25, -0.2) is 0 Å². The Hall–Kier alpha value is -3.81. The molecule has 2 aromatic heterocycles. The van der Waals surface area contributed by atoms with Crippen LogP contribution in [-0.2, 0) is 26.3 Å². The van der Waals surface area contributed by atoms with Gasteiger partial charge < -0.3 is 9.42 Å². The van der Waals surface area contributed by atoms with E-state index in [4.69, 9.17) is 4.52 Å². The van der Waals surface area contributed by atoms with Gasteiger partial charge in [-0.1, -0.05) is 35.5 Å². The van der Waals surface area contributed by atoms with Crippen molar-refractivity contribution in [1.29, 1.82) is 0 Å². The molecule has 2 atom stereocenters. The number of pyridine rings is 1. The van der Waals surface area contributed by atoms with Crippen molar-refractivity contribution in [2.45, 2.75) is 44.7 Å². The number of hydrogen-bond donors (Lipinski definition) is 0. The van der Waals surface area contributed by atoms with Gasteiger partial charge in [0.25, 0.3) is 0 Å². The smallest absolute Gasteiger partial charge is 0.241 e. The first kappa shape index (κ1) is 22.4. The Labute approximate surface area is 192 Å². The highest BCUT2D eigenvalue weighted by molar-refractivity contribution is 6.10. The highest BCUT2D eigenvalue weighted by atomic mass is 16.5. The number of imide groups is 1. The maximum Gasteiger partial charge on any atom is 0.241 e. The molecule has 1 aliphatic heterocycles. The molecule has 1 aliphatic rings. The lowest BCUT2D eigenvalue weighted by atomic mass is 9.74. The van der Waals surface area contributed by atoms with E-state index in [1.807, 2.05) is 44.2 Å². The summed E-state index contributed by atoms with van der Waals surface area (Å²) in [6, 6.07) is 12.4. The first-order chi connectivity index (χ1) is 15.8. The van der Waals surface area contributed by atoms with Crippen molar-refractivity contribution in [2.75, 3.05) is 7.05 Å². The summed E-state index contributed by atoms with van der Waals surface area (Å²) in [6.45, 7) is 3.86. The van der Waals surface area contributed by atoms with E-state index in [0.29, 0.717) is 11.3 Å². The lowest BCUT2D eigenvalue weighted by Gasteiger charge is -2.32. The molecule has 0 N–H and O–H groups in total. The van der Waals surface area contributed by atoms with Crippen molar-refractivity contribution in [3.05, 3.63) is 83.5 Å². The number of likely N-dealkylation sites (tertiary alicyclic amines) is 1. The van der Waals surface area contributed by atoms with Gasteiger partial charge >= 0.3 is 0 Å². The van der Waals surface area contributed by atoms with Gasteiger partial charge in [0, 0.05) is 38.3 Å². The Morgan fingerprint density at radius 2 is 2.00 bits per heavy atom. The molecule has 0 spiro atoms. The Kier molecular flexibility index (Phi) is 6.09. The summed E-state index contributed by atoms with van der Waals surface area (Å²) in [5.74, 6) is -0.910. The van der Waals surface area contributed by atoms with E-state index in [1.165, 1.54) is 11.2 Å². The number of carbonyl (C=O) groups is 3. The standard InChI is InChI=1S/C25H26N4O4/c1-17-7-4-5-9-20(17)25(13-22(30)28(3)18(2)21-10-12-33-27-21)14-23(31)29(24(25)32)16-19-8-6-11-26-15-19/h4-12,15,18H,13-14,16H2,1-3H3. The zero-order chi connectivity index (χ0) is 23.6. The molecule has 3 amide bonds. The highest BCUT2D eigenvalue weighted by Crippen LogP contribution is 2.42. The Morgan fingerprint density at radius 3 is 2.67 bits per heavy atom. The second-order valence-electron chi connectivity index (χ2n) is 8.50. The summed E-state index contributed by atoms with van der Waals surface area (Å²) in [5, 5.41) is 3.92. The van der Waals surface area contributed by atoms with Crippen LogP contribution < -0.4 is 0 Å². The summed E-state index contributed by atoms with van der Waals surface area (Å²) in [4.78, 5) is 47.2. The van der Waals surface area contributed by atoms with Gasteiger partial charge in [-0.05, 0) is 36.6 Å². The van der Waals surface area contributed by atoms with Crippen LogP contribution in [0.1, 0.15) is 48.2 Å². The molecule has 8 nitrogen and oxygen atoms in total. The van der Waals surface area contributed by atoms with E-state index in [9.17, 15) is 14.4 Å². The number of rotatable bonds is 7. The van der Waals surface area contributed by atoms with Gasteiger partial charge in [-0.15, -0.1) is 0 Å². The molecule has 0 aliphatic carbocycles. The van der Waals surface area contributed by atoms with E-state index >= 15 is 0 Å². The van der Waals surface area contributed by atoms with Gasteiger partial charge in [0.05, 0.1) is 18.0 Å². The van der Waals surface area contributed by atoms with E-state index in [1.54, 1.807) is 36.5 Å². The van der Waals surface area contributed by atoms with Crippen molar-refractivity contribution in [2.24, 2.45) is 0 Å². The van der Waals surface area contributed by atoms with Crippen molar-refractivity contribution in [1.82, 2.24) is 19.9 Å². The van der Waals surface area contributed by atoms with E-state index in [0.717, 1.165) is 11.1 Å². The predicted molar refractivity (Wildman–Crippen MR) is 120 cm³/mol. The quantitative estimate of drug-likeness (QED) is 0.517. The number of aryl methyl sites for hydroxylation is 1. The fraction of sp³-hybridized carbons (Fsp3) is 0.320. The molecule has 4 rings (SSSR count). The third-order valence-corrected chi connectivity index (χ3v) is 6.45. The monoisotopic (exact) mass is 446 g/mol. The summed E-state index contributed by atoms with van der Waals surface area (Å²) in [6.07, 6.45) is 4.54. The topological polar surface area (TPSA) is 96.6 Å². The molecule has 1 aromatic carbocycles. The van der Waals surface area contributed by atoms with Crippen LogP contribution in [-0.4, -0.2) is 44.7 Å². The van der Waals surface area contributed by atoms with Crippen LogP contribution in [0, 0.1) is 6.92 Å². The Balaban J connectivity index is 1.68. The molecule has 0 radical (unpaired) electrons. The largest absolute Gasteiger partial charge is 0.364 e. The average molecular weight is 447 g/mol. The van der Waals surface area contributed by atoms with Gasteiger partial charge in [0.1, 0.15) is 12.0 Å². The first-order valence-corrected chi connectivity index (χ1v) is 10.8. The van der Waals surface area contributed by atoms with Crippen molar-refractivity contribution >= 4 is 17.7 Å². The van der Waals surface area contributed by atoms with Gasteiger partial charge in [0.2, 0.25) is 17.7 Å². The lowest BCUT2D eigenvalue weighted by Crippen LogP contribution is -2.43. The second-order valence-corrected chi connectivity index (χ2v) is 8.50. The minimum absolute atomic E-state index is 0.0606. The Bertz CT molecular complexity index is 1160. The van der Waals surface area contributed by atoms with Crippen molar-refractivity contribution in [3.63, 3.8) is 0 Å². The zero-order valence-corrected chi connectivity index (χ0v) is 18.9. The molecule has 0 saturated carbocycles. The maximum atomic E-state index is 13.8. The summed E-state index contributed by atoms with van der Waals surface area (Å²) in [5.41, 5.74) is 1.67. The van der Waals surface area contributed by atoms with Crippen LogP contribution >= 0.6 is 0 Å². The molecule has 2 unspecified atom stereocenters. The maximum absolute atomic E-state index is 13.8. The molecule has 8 heteroatoms. The molecule has 1 saturated heterocycles. The highest BCUT2D eigenvalue weighted by Gasteiger charge is 2.54. The predicted octanol–water partition coefficient (Wildman–Crippen LogP) is 3.18. The fourth-order valence-corrected chi connectivity index (χ4v) is 4.42. The summed E-state index contributed by atoms with van der Waals surface area (Å²) >= 11 is 0. The average Bonchev–Trinajstić information content (AvgIpc) is 3.43. The number of aromatic nitrogens is 2. The molecular formula is C25H26N4O4. The summed E-state index contributed by atoms with van der Waals surface area (Å²) in [7, 11) is 1.67. The molecule has 33 heavy (non-hydrogen) atoms. The number of hydrogen-bond acceptors (Lipinski definition) is 6. The van der Waals surface area contributed by atoms with Gasteiger partial charge in [-0.2, -0.15) is 0 Å². The number of amides is 3. The molecule has 3 heterocycles. The number of carbonyl (C=O) groups excluding carboxylic acids is 3. The van der Waals surface area contributed by atoms with Crippen molar-refractivity contribution in [3.8, 4) is 0 Å².